The zero-order valence-corrected chi connectivity index (χ0v) is 18.2. The summed E-state index contributed by atoms with van der Waals surface area (Å²) < 4.78 is 0. The largest absolute Gasteiger partial charge is 0.308 e. The van der Waals surface area contributed by atoms with Gasteiger partial charge in [0.05, 0.1) is 0 Å². The van der Waals surface area contributed by atoms with Crippen LogP contribution in [-0.4, -0.2) is 12.1 Å². The SMILES string of the molecule is CC(C)N[C@@H]1CCCc2ccccc21.CC(C)N[C@H]1CCCc2ccccc21. The molecule has 0 aromatic heterocycles. The molecule has 0 spiro atoms. The van der Waals surface area contributed by atoms with E-state index in [2.05, 4.69) is 86.9 Å². The number of hydrogen-bond donors (Lipinski definition) is 2. The topological polar surface area (TPSA) is 24.1 Å². The van der Waals surface area contributed by atoms with Crippen molar-refractivity contribution in [3.05, 3.63) is 70.8 Å². The third-order valence-corrected chi connectivity index (χ3v) is 5.81. The molecule has 2 aliphatic carbocycles. The maximum absolute atomic E-state index is 3.64. The number of nitrogens with one attached hydrogen (secondary N) is 2. The average Bonchev–Trinajstić information content (AvgIpc) is 2.68. The summed E-state index contributed by atoms with van der Waals surface area (Å²) in [5, 5.41) is 7.28. The first-order valence-electron chi connectivity index (χ1n) is 11.2. The van der Waals surface area contributed by atoms with Gasteiger partial charge in [-0.3, -0.25) is 0 Å². The Morgan fingerprint density at radius 1 is 0.643 bits per heavy atom. The van der Waals surface area contributed by atoms with Crippen LogP contribution in [0.3, 0.4) is 0 Å². The summed E-state index contributed by atoms with van der Waals surface area (Å²) in [5.41, 5.74) is 6.12. The molecule has 2 heteroatoms. The van der Waals surface area contributed by atoms with Gasteiger partial charge in [0.25, 0.3) is 0 Å². The smallest absolute Gasteiger partial charge is 0.0325 e. The van der Waals surface area contributed by atoms with Crippen LogP contribution < -0.4 is 10.6 Å². The van der Waals surface area contributed by atoms with Crippen LogP contribution in [0.2, 0.25) is 0 Å². The van der Waals surface area contributed by atoms with Crippen molar-refractivity contribution >= 4 is 0 Å². The molecule has 0 bridgehead atoms. The molecule has 28 heavy (non-hydrogen) atoms. The Balaban J connectivity index is 0.000000161. The number of rotatable bonds is 4. The van der Waals surface area contributed by atoms with Crippen molar-refractivity contribution in [2.45, 2.75) is 90.4 Å². The Morgan fingerprint density at radius 3 is 1.43 bits per heavy atom. The molecule has 2 atom stereocenters. The highest BCUT2D eigenvalue weighted by Crippen LogP contribution is 2.30. The maximum Gasteiger partial charge on any atom is 0.0325 e. The van der Waals surface area contributed by atoms with Crippen molar-refractivity contribution in [3.8, 4) is 0 Å². The molecule has 2 N–H and O–H groups in total. The number of fused-ring (bicyclic) bond motifs is 2. The summed E-state index contributed by atoms with van der Waals surface area (Å²) in [4.78, 5) is 0. The van der Waals surface area contributed by atoms with Gasteiger partial charge in [-0.15, -0.1) is 0 Å². The third kappa shape index (κ3) is 5.68. The van der Waals surface area contributed by atoms with E-state index in [1.165, 1.54) is 60.8 Å². The molecule has 152 valence electrons. The van der Waals surface area contributed by atoms with Crippen LogP contribution in [0.15, 0.2) is 48.5 Å². The lowest BCUT2D eigenvalue weighted by Gasteiger charge is -2.28. The van der Waals surface area contributed by atoms with Gasteiger partial charge in [-0.2, -0.15) is 0 Å². The molecule has 0 radical (unpaired) electrons. The van der Waals surface area contributed by atoms with Crippen LogP contribution in [0.1, 0.15) is 87.7 Å². The van der Waals surface area contributed by atoms with E-state index >= 15 is 0 Å². The first kappa shape index (κ1) is 21.1. The van der Waals surface area contributed by atoms with Gasteiger partial charge in [-0.05, 0) is 60.8 Å². The lowest BCUT2D eigenvalue weighted by atomic mass is 9.87. The van der Waals surface area contributed by atoms with Crippen molar-refractivity contribution in [1.29, 1.82) is 0 Å². The molecule has 0 unspecified atom stereocenters. The molecule has 0 aliphatic heterocycles. The molecule has 2 aliphatic rings. The van der Waals surface area contributed by atoms with Crippen molar-refractivity contribution in [1.82, 2.24) is 10.6 Å². The first-order chi connectivity index (χ1) is 13.5. The normalized spacial score (nSPS) is 20.9. The summed E-state index contributed by atoms with van der Waals surface area (Å²) >= 11 is 0. The molecule has 2 nitrogen and oxygen atoms in total. The van der Waals surface area contributed by atoms with Gasteiger partial charge in [0.1, 0.15) is 0 Å². The molecule has 2 aromatic carbocycles. The predicted octanol–water partition coefficient (Wildman–Crippen LogP) is 6.12. The molecule has 0 heterocycles. The Labute approximate surface area is 172 Å². The van der Waals surface area contributed by atoms with E-state index in [4.69, 9.17) is 0 Å². The summed E-state index contributed by atoms with van der Waals surface area (Å²) in [6.07, 6.45) is 7.73. The van der Waals surface area contributed by atoms with Crippen molar-refractivity contribution in [2.24, 2.45) is 0 Å². The minimum atomic E-state index is 0.575. The van der Waals surface area contributed by atoms with Crippen LogP contribution in [0.4, 0.5) is 0 Å². The molecule has 0 saturated carbocycles. The van der Waals surface area contributed by atoms with E-state index in [-0.39, 0.29) is 0 Å². The van der Waals surface area contributed by atoms with E-state index in [1.54, 1.807) is 0 Å². The van der Waals surface area contributed by atoms with Crippen molar-refractivity contribution in [3.63, 3.8) is 0 Å². The van der Waals surface area contributed by atoms with Crippen LogP contribution in [-0.2, 0) is 12.8 Å². The summed E-state index contributed by atoms with van der Waals surface area (Å²) in [7, 11) is 0. The minimum absolute atomic E-state index is 0.575. The molecule has 0 fully saturated rings. The van der Waals surface area contributed by atoms with Crippen molar-refractivity contribution < 1.29 is 0 Å². The predicted molar refractivity (Wildman–Crippen MR) is 121 cm³/mol. The average molecular weight is 379 g/mol. The Kier molecular flexibility index (Phi) is 7.70. The van der Waals surface area contributed by atoms with Gasteiger partial charge in [0.2, 0.25) is 0 Å². The van der Waals surface area contributed by atoms with Crippen LogP contribution >= 0.6 is 0 Å². The lowest BCUT2D eigenvalue weighted by molar-refractivity contribution is 0.423. The van der Waals surface area contributed by atoms with Gasteiger partial charge in [0, 0.05) is 24.2 Å². The lowest BCUT2D eigenvalue weighted by Crippen LogP contribution is -2.30. The number of aryl methyl sites for hydroxylation is 2. The first-order valence-corrected chi connectivity index (χ1v) is 11.2. The molecular weight excluding hydrogens is 340 g/mol. The van der Waals surface area contributed by atoms with E-state index in [0.717, 1.165) is 0 Å². The van der Waals surface area contributed by atoms with Crippen LogP contribution in [0.25, 0.3) is 0 Å². The molecular formula is C26H38N2. The molecule has 2 aromatic rings. The van der Waals surface area contributed by atoms with E-state index in [0.29, 0.717) is 24.2 Å². The Hall–Kier alpha value is -1.64. The van der Waals surface area contributed by atoms with E-state index < -0.39 is 0 Å². The number of hydrogen-bond acceptors (Lipinski definition) is 2. The second kappa shape index (κ2) is 10.2. The van der Waals surface area contributed by atoms with Gasteiger partial charge < -0.3 is 10.6 Å². The van der Waals surface area contributed by atoms with Crippen LogP contribution in [0, 0.1) is 0 Å². The Morgan fingerprint density at radius 2 is 1.04 bits per heavy atom. The summed E-state index contributed by atoms with van der Waals surface area (Å²) in [6, 6.07) is 20.0. The van der Waals surface area contributed by atoms with E-state index in [9.17, 15) is 0 Å². The highest BCUT2D eigenvalue weighted by atomic mass is 14.9. The highest BCUT2D eigenvalue weighted by Gasteiger charge is 2.20. The second-order valence-electron chi connectivity index (χ2n) is 8.93. The highest BCUT2D eigenvalue weighted by molar-refractivity contribution is 5.33. The van der Waals surface area contributed by atoms with Crippen molar-refractivity contribution in [2.75, 3.05) is 0 Å². The fourth-order valence-corrected chi connectivity index (χ4v) is 4.66. The molecule has 0 amide bonds. The zero-order chi connectivity index (χ0) is 19.9. The number of benzene rings is 2. The minimum Gasteiger partial charge on any atom is -0.308 e. The maximum atomic E-state index is 3.64. The van der Waals surface area contributed by atoms with Gasteiger partial charge in [-0.1, -0.05) is 76.2 Å². The van der Waals surface area contributed by atoms with E-state index in [1.807, 2.05) is 0 Å². The van der Waals surface area contributed by atoms with Gasteiger partial charge in [0.15, 0.2) is 0 Å². The zero-order valence-electron chi connectivity index (χ0n) is 18.2. The monoisotopic (exact) mass is 378 g/mol. The summed E-state index contributed by atoms with van der Waals surface area (Å²) in [5.74, 6) is 0. The molecule has 4 rings (SSSR count). The fourth-order valence-electron chi connectivity index (χ4n) is 4.66. The van der Waals surface area contributed by atoms with Gasteiger partial charge in [-0.25, -0.2) is 0 Å². The standard InChI is InChI=1S/2C13H19N/c2*1-10(2)14-13-9-5-7-11-6-3-4-8-12(11)13/h2*3-4,6,8,10,13-14H,5,7,9H2,1-2H3/t2*13-/m10/s1. The second-order valence-corrected chi connectivity index (χ2v) is 8.93. The van der Waals surface area contributed by atoms with Crippen LogP contribution in [0.5, 0.6) is 0 Å². The summed E-state index contributed by atoms with van der Waals surface area (Å²) in [6.45, 7) is 8.88. The molecule has 0 saturated heterocycles. The third-order valence-electron chi connectivity index (χ3n) is 5.81. The quantitative estimate of drug-likeness (QED) is 0.669. The van der Waals surface area contributed by atoms with Gasteiger partial charge >= 0.3 is 0 Å². The Bertz CT molecular complexity index is 671. The fraction of sp³-hybridized carbons (Fsp3) is 0.538.